The maximum atomic E-state index is 12.7. The van der Waals surface area contributed by atoms with Crippen molar-refractivity contribution in [2.75, 3.05) is 0 Å². The molecule has 2 heterocycles. The standard InChI is InChI=1S/C22H28N2O2/c1-14-9-16(13-23)10-15(2)20(14)17-11-18-7-6-8-19(12-17)24(18)21(25)26-22(3,4)5/h9-11,18-19H,6-8,12H2,1-5H3. The highest BCUT2D eigenvalue weighted by Crippen LogP contribution is 2.39. The molecule has 1 amide bonds. The minimum absolute atomic E-state index is 0.0989. The summed E-state index contributed by atoms with van der Waals surface area (Å²) in [4.78, 5) is 14.7. The second kappa shape index (κ2) is 6.79. The average Bonchev–Trinajstić information content (AvgIpc) is 2.51. The summed E-state index contributed by atoms with van der Waals surface area (Å²) in [6.07, 6.45) is 6.04. The molecular weight excluding hydrogens is 324 g/mol. The second-order valence-electron chi connectivity index (χ2n) is 8.53. The minimum Gasteiger partial charge on any atom is -0.444 e. The quantitative estimate of drug-likeness (QED) is 0.705. The van der Waals surface area contributed by atoms with Crippen LogP contribution in [-0.4, -0.2) is 28.7 Å². The number of amides is 1. The number of carbonyl (C=O) groups is 1. The number of nitrogens with zero attached hydrogens (tertiary/aromatic N) is 2. The smallest absolute Gasteiger partial charge is 0.411 e. The lowest BCUT2D eigenvalue weighted by molar-refractivity contribution is 0.0000854. The number of fused-ring (bicyclic) bond motifs is 2. The summed E-state index contributed by atoms with van der Waals surface area (Å²) in [7, 11) is 0. The summed E-state index contributed by atoms with van der Waals surface area (Å²) in [5.74, 6) is 0. The Hall–Kier alpha value is -2.28. The molecule has 138 valence electrons. The van der Waals surface area contributed by atoms with Crippen LogP contribution < -0.4 is 0 Å². The lowest BCUT2D eigenvalue weighted by Gasteiger charge is -2.45. The predicted molar refractivity (Wildman–Crippen MR) is 103 cm³/mol. The van der Waals surface area contributed by atoms with Gasteiger partial charge in [-0.25, -0.2) is 4.79 Å². The van der Waals surface area contributed by atoms with Crippen LogP contribution >= 0.6 is 0 Å². The molecule has 0 spiro atoms. The van der Waals surface area contributed by atoms with Gasteiger partial charge in [-0.15, -0.1) is 0 Å². The van der Waals surface area contributed by atoms with E-state index in [0.717, 1.165) is 36.8 Å². The molecule has 2 aliphatic heterocycles. The lowest BCUT2D eigenvalue weighted by atomic mass is 9.80. The normalized spacial score (nSPS) is 22.5. The van der Waals surface area contributed by atoms with Gasteiger partial charge in [0.2, 0.25) is 0 Å². The van der Waals surface area contributed by atoms with E-state index >= 15 is 0 Å². The number of benzene rings is 1. The maximum absolute atomic E-state index is 12.7. The molecular formula is C22H28N2O2. The molecule has 4 heteroatoms. The SMILES string of the molecule is Cc1cc(C#N)cc(C)c1C1=CC2CCCC(C1)N2C(=O)OC(C)(C)C. The van der Waals surface area contributed by atoms with Crippen molar-refractivity contribution >= 4 is 11.7 Å². The Balaban J connectivity index is 1.94. The van der Waals surface area contributed by atoms with Crippen LogP contribution in [0.5, 0.6) is 0 Å². The number of hydrogen-bond donors (Lipinski definition) is 0. The fourth-order valence-electron chi connectivity index (χ4n) is 4.35. The maximum Gasteiger partial charge on any atom is 0.411 e. The van der Waals surface area contributed by atoms with Crippen LogP contribution in [0.25, 0.3) is 5.57 Å². The molecule has 4 nitrogen and oxygen atoms in total. The van der Waals surface area contributed by atoms with Crippen LogP contribution in [0.1, 0.15) is 68.7 Å². The van der Waals surface area contributed by atoms with Gasteiger partial charge in [0.05, 0.1) is 17.7 Å². The van der Waals surface area contributed by atoms with Crippen molar-refractivity contribution in [3.8, 4) is 6.07 Å². The van der Waals surface area contributed by atoms with Crippen LogP contribution in [0.3, 0.4) is 0 Å². The first-order chi connectivity index (χ1) is 12.2. The fourth-order valence-corrected chi connectivity index (χ4v) is 4.35. The van der Waals surface area contributed by atoms with Gasteiger partial charge in [-0.05, 0) is 94.7 Å². The Morgan fingerprint density at radius 3 is 2.42 bits per heavy atom. The van der Waals surface area contributed by atoms with Crippen molar-refractivity contribution in [2.45, 2.75) is 78.0 Å². The van der Waals surface area contributed by atoms with Gasteiger partial charge in [-0.1, -0.05) is 6.08 Å². The highest BCUT2D eigenvalue weighted by Gasteiger charge is 2.39. The van der Waals surface area contributed by atoms with Crippen molar-refractivity contribution in [2.24, 2.45) is 0 Å². The molecule has 3 rings (SSSR count). The largest absolute Gasteiger partial charge is 0.444 e. The first-order valence-electron chi connectivity index (χ1n) is 9.43. The Morgan fingerprint density at radius 1 is 1.23 bits per heavy atom. The number of carbonyl (C=O) groups excluding carboxylic acids is 1. The molecule has 1 saturated heterocycles. The molecule has 1 fully saturated rings. The molecule has 0 N–H and O–H groups in total. The number of hydrogen-bond acceptors (Lipinski definition) is 3. The Kier molecular flexibility index (Phi) is 4.84. The van der Waals surface area contributed by atoms with Gasteiger partial charge in [0.25, 0.3) is 0 Å². The van der Waals surface area contributed by atoms with Crippen molar-refractivity contribution in [1.29, 1.82) is 5.26 Å². The van der Waals surface area contributed by atoms with E-state index < -0.39 is 5.60 Å². The Bertz CT molecular complexity index is 772. The van der Waals surface area contributed by atoms with Crippen LogP contribution in [0.4, 0.5) is 4.79 Å². The topological polar surface area (TPSA) is 53.3 Å². The number of rotatable bonds is 1. The van der Waals surface area contributed by atoms with Crippen LogP contribution in [-0.2, 0) is 4.74 Å². The molecule has 1 aromatic carbocycles. The van der Waals surface area contributed by atoms with E-state index in [-0.39, 0.29) is 18.2 Å². The first-order valence-corrected chi connectivity index (χ1v) is 9.43. The first kappa shape index (κ1) is 18.5. The molecule has 0 aromatic heterocycles. The second-order valence-corrected chi connectivity index (χ2v) is 8.53. The zero-order valence-corrected chi connectivity index (χ0v) is 16.4. The van der Waals surface area contributed by atoms with Gasteiger partial charge in [0, 0.05) is 6.04 Å². The van der Waals surface area contributed by atoms with Crippen LogP contribution in [0.2, 0.25) is 0 Å². The summed E-state index contributed by atoms with van der Waals surface area (Å²) >= 11 is 0. The van der Waals surface area contributed by atoms with E-state index in [0.29, 0.717) is 5.56 Å². The molecule has 1 aromatic rings. The van der Waals surface area contributed by atoms with E-state index in [2.05, 4.69) is 26.0 Å². The van der Waals surface area contributed by atoms with Gasteiger partial charge in [-0.2, -0.15) is 5.26 Å². The van der Waals surface area contributed by atoms with E-state index in [1.807, 2.05) is 37.8 Å². The zero-order valence-electron chi connectivity index (χ0n) is 16.4. The van der Waals surface area contributed by atoms with Gasteiger partial charge < -0.3 is 4.74 Å². The molecule has 2 atom stereocenters. The van der Waals surface area contributed by atoms with Gasteiger partial charge in [0.15, 0.2) is 0 Å². The third-order valence-corrected chi connectivity index (χ3v) is 5.22. The monoisotopic (exact) mass is 352 g/mol. The Morgan fingerprint density at radius 2 is 1.88 bits per heavy atom. The van der Waals surface area contributed by atoms with Crippen LogP contribution in [0.15, 0.2) is 18.2 Å². The molecule has 2 aliphatic rings. The molecule has 0 radical (unpaired) electrons. The number of aryl methyl sites for hydroxylation is 2. The van der Waals surface area contributed by atoms with Gasteiger partial charge in [-0.3, -0.25) is 4.90 Å². The van der Waals surface area contributed by atoms with Crippen molar-refractivity contribution in [3.05, 3.63) is 40.5 Å². The van der Waals surface area contributed by atoms with E-state index in [4.69, 9.17) is 4.74 Å². The molecule has 0 aliphatic carbocycles. The van der Waals surface area contributed by atoms with Gasteiger partial charge in [0.1, 0.15) is 5.60 Å². The van der Waals surface area contributed by atoms with E-state index in [9.17, 15) is 10.1 Å². The Labute approximate surface area is 156 Å². The van der Waals surface area contributed by atoms with Crippen molar-refractivity contribution < 1.29 is 9.53 Å². The van der Waals surface area contributed by atoms with Crippen molar-refractivity contribution in [1.82, 2.24) is 4.90 Å². The lowest BCUT2D eigenvalue weighted by Crippen LogP contribution is -2.53. The van der Waals surface area contributed by atoms with Crippen molar-refractivity contribution in [3.63, 3.8) is 0 Å². The van der Waals surface area contributed by atoms with E-state index in [1.54, 1.807) is 0 Å². The summed E-state index contributed by atoms with van der Waals surface area (Å²) in [5, 5.41) is 9.18. The minimum atomic E-state index is -0.477. The number of piperidine rings is 1. The predicted octanol–water partition coefficient (Wildman–Crippen LogP) is 5.12. The average molecular weight is 352 g/mol. The fraction of sp³-hybridized carbons (Fsp3) is 0.545. The molecule has 2 unspecified atom stereocenters. The zero-order chi connectivity index (χ0) is 19.1. The number of nitriles is 1. The third kappa shape index (κ3) is 3.62. The molecule has 26 heavy (non-hydrogen) atoms. The third-order valence-electron chi connectivity index (χ3n) is 5.22. The summed E-state index contributed by atoms with van der Waals surface area (Å²) in [6.45, 7) is 9.88. The number of ether oxygens (including phenoxy) is 1. The van der Waals surface area contributed by atoms with Gasteiger partial charge >= 0.3 is 6.09 Å². The summed E-state index contributed by atoms with van der Waals surface area (Å²) in [6, 6.07) is 6.44. The highest BCUT2D eigenvalue weighted by molar-refractivity contribution is 5.77. The van der Waals surface area contributed by atoms with E-state index in [1.165, 1.54) is 11.1 Å². The molecule has 2 bridgehead atoms. The molecule has 0 saturated carbocycles. The van der Waals surface area contributed by atoms with Crippen LogP contribution in [0, 0.1) is 25.2 Å². The summed E-state index contributed by atoms with van der Waals surface area (Å²) in [5.41, 5.74) is 5.04. The highest BCUT2D eigenvalue weighted by atomic mass is 16.6. The summed E-state index contributed by atoms with van der Waals surface area (Å²) < 4.78 is 5.65.